The van der Waals surface area contributed by atoms with Gasteiger partial charge < -0.3 is 14.8 Å². The van der Waals surface area contributed by atoms with E-state index in [4.69, 9.17) is 9.47 Å². The van der Waals surface area contributed by atoms with E-state index >= 15 is 0 Å². The molecule has 0 spiro atoms. The first-order valence-electron chi connectivity index (χ1n) is 7.98. The molecule has 0 aliphatic rings. The van der Waals surface area contributed by atoms with Crippen molar-refractivity contribution in [2.24, 2.45) is 0 Å². The van der Waals surface area contributed by atoms with Gasteiger partial charge in [-0.3, -0.25) is 14.9 Å². The second-order valence-electron chi connectivity index (χ2n) is 5.40. The van der Waals surface area contributed by atoms with Crippen LogP contribution in [0.15, 0.2) is 48.5 Å². The number of halogens is 1. The highest BCUT2D eigenvalue weighted by atomic mass is 79.9. The fourth-order valence-corrected chi connectivity index (χ4v) is 2.54. The Hall–Kier alpha value is -2.94. The molecule has 2 aromatic carbocycles. The number of rotatable bonds is 8. The molecule has 0 atom stereocenters. The van der Waals surface area contributed by atoms with Crippen molar-refractivity contribution in [3.05, 3.63) is 69.8 Å². The highest BCUT2D eigenvalue weighted by molar-refractivity contribution is 9.08. The van der Waals surface area contributed by atoms with E-state index in [1.807, 2.05) is 30.3 Å². The van der Waals surface area contributed by atoms with Crippen molar-refractivity contribution in [3.8, 4) is 5.75 Å². The molecule has 0 aliphatic heterocycles. The van der Waals surface area contributed by atoms with Gasteiger partial charge in [-0.1, -0.05) is 46.3 Å². The first-order valence-corrected chi connectivity index (χ1v) is 9.10. The van der Waals surface area contributed by atoms with Gasteiger partial charge in [0.2, 0.25) is 0 Å². The van der Waals surface area contributed by atoms with E-state index in [0.29, 0.717) is 10.9 Å². The molecule has 2 aromatic rings. The highest BCUT2D eigenvalue weighted by Crippen LogP contribution is 2.26. The number of esters is 1. The van der Waals surface area contributed by atoms with Crippen LogP contribution in [0.25, 0.3) is 0 Å². The predicted molar refractivity (Wildman–Crippen MR) is 101 cm³/mol. The van der Waals surface area contributed by atoms with Crippen LogP contribution in [0.5, 0.6) is 5.75 Å². The maximum atomic E-state index is 11.9. The minimum absolute atomic E-state index is 0.0447. The molecule has 0 radical (unpaired) electrons. The van der Waals surface area contributed by atoms with E-state index < -0.39 is 17.0 Å². The minimum atomic E-state index is -0.636. The first kappa shape index (κ1) is 20.4. The number of nitrogens with one attached hydrogen (secondary N) is 1. The Morgan fingerprint density at radius 3 is 2.56 bits per heavy atom. The second-order valence-corrected chi connectivity index (χ2v) is 5.96. The molecule has 0 aromatic heterocycles. The van der Waals surface area contributed by atoms with E-state index in [0.717, 1.165) is 5.56 Å². The number of amides is 1. The summed E-state index contributed by atoms with van der Waals surface area (Å²) in [5.74, 6) is -0.344. The summed E-state index contributed by atoms with van der Waals surface area (Å²) in [6.07, 6.45) is -0.706. The first-order chi connectivity index (χ1) is 13.0. The molecule has 0 aliphatic carbocycles. The van der Waals surface area contributed by atoms with Gasteiger partial charge >= 0.3 is 12.1 Å². The number of alkyl carbamates (subject to hydrolysis) is 1. The molecule has 1 N–H and O–H groups in total. The number of non-ortho nitro benzene ring substituents is 1. The smallest absolute Gasteiger partial charge is 0.407 e. The van der Waals surface area contributed by atoms with Crippen molar-refractivity contribution in [2.75, 3.05) is 6.54 Å². The summed E-state index contributed by atoms with van der Waals surface area (Å²) >= 11 is 3.20. The zero-order valence-corrected chi connectivity index (χ0v) is 15.8. The van der Waals surface area contributed by atoms with Crippen LogP contribution >= 0.6 is 15.9 Å². The van der Waals surface area contributed by atoms with E-state index in [1.54, 1.807) is 0 Å². The number of nitro benzene ring substituents is 1. The van der Waals surface area contributed by atoms with E-state index in [9.17, 15) is 19.7 Å². The lowest BCUT2D eigenvalue weighted by Crippen LogP contribution is -2.27. The minimum Gasteiger partial charge on any atom is -0.445 e. The number of alkyl halides is 1. The fraction of sp³-hybridized carbons (Fsp3) is 0.222. The predicted octanol–water partition coefficient (Wildman–Crippen LogP) is 3.71. The number of nitrogens with zero attached hydrogens (tertiary/aromatic N) is 1. The molecule has 0 saturated heterocycles. The Morgan fingerprint density at radius 2 is 1.89 bits per heavy atom. The van der Waals surface area contributed by atoms with Gasteiger partial charge in [-0.2, -0.15) is 0 Å². The van der Waals surface area contributed by atoms with Crippen LogP contribution < -0.4 is 10.1 Å². The van der Waals surface area contributed by atoms with Gasteiger partial charge in [0, 0.05) is 29.6 Å². The van der Waals surface area contributed by atoms with Crippen molar-refractivity contribution in [2.45, 2.75) is 18.4 Å². The summed E-state index contributed by atoms with van der Waals surface area (Å²) in [6, 6.07) is 13.2. The molecule has 0 unspecified atom stereocenters. The van der Waals surface area contributed by atoms with Gasteiger partial charge in [0.05, 0.1) is 11.3 Å². The number of ether oxygens (including phenoxy) is 2. The lowest BCUT2D eigenvalue weighted by atomic mass is 10.2. The molecule has 0 saturated carbocycles. The summed E-state index contributed by atoms with van der Waals surface area (Å²) < 4.78 is 10.2. The Morgan fingerprint density at radius 1 is 1.15 bits per heavy atom. The summed E-state index contributed by atoms with van der Waals surface area (Å²) in [6.45, 7) is 0.178. The standard InChI is InChI=1S/C18H17BrN2O6/c19-11-14-10-15(21(24)25)6-7-16(14)27-17(22)8-9-20-18(23)26-12-13-4-2-1-3-5-13/h1-7,10H,8-9,11-12H2,(H,20,23). The van der Waals surface area contributed by atoms with E-state index in [2.05, 4.69) is 21.2 Å². The number of hydrogen-bond donors (Lipinski definition) is 1. The summed E-state index contributed by atoms with van der Waals surface area (Å²) in [5.41, 5.74) is 1.24. The van der Waals surface area contributed by atoms with Gasteiger partial charge in [-0.05, 0) is 11.6 Å². The Kier molecular flexibility index (Phi) is 7.75. The van der Waals surface area contributed by atoms with Crippen LogP contribution in [-0.4, -0.2) is 23.5 Å². The highest BCUT2D eigenvalue weighted by Gasteiger charge is 2.14. The van der Waals surface area contributed by atoms with E-state index in [1.165, 1.54) is 18.2 Å². The van der Waals surface area contributed by atoms with Crippen LogP contribution in [0.1, 0.15) is 17.5 Å². The molecule has 2 rings (SSSR count). The van der Waals surface area contributed by atoms with Crippen molar-refractivity contribution < 1.29 is 24.0 Å². The third-order valence-electron chi connectivity index (χ3n) is 3.43. The number of benzene rings is 2. The van der Waals surface area contributed by atoms with Crippen LogP contribution in [0.2, 0.25) is 0 Å². The summed E-state index contributed by atoms with van der Waals surface area (Å²) in [4.78, 5) is 33.8. The molecular formula is C18H17BrN2O6. The number of carbonyl (C=O) groups excluding carboxylic acids is 2. The molecule has 0 bridgehead atoms. The van der Waals surface area contributed by atoms with Crippen LogP contribution in [0, 0.1) is 10.1 Å². The van der Waals surface area contributed by atoms with Crippen molar-refractivity contribution >= 4 is 33.7 Å². The second kappa shape index (κ2) is 10.3. The number of carbonyl (C=O) groups is 2. The van der Waals surface area contributed by atoms with Crippen molar-refractivity contribution in [1.82, 2.24) is 5.32 Å². The lowest BCUT2D eigenvalue weighted by Gasteiger charge is -2.09. The molecule has 142 valence electrons. The lowest BCUT2D eigenvalue weighted by molar-refractivity contribution is -0.384. The van der Waals surface area contributed by atoms with Gasteiger partial charge in [0.15, 0.2) is 0 Å². The van der Waals surface area contributed by atoms with Crippen LogP contribution in [0.3, 0.4) is 0 Å². The summed E-state index contributed by atoms with van der Waals surface area (Å²) in [7, 11) is 0. The Balaban J connectivity index is 1.76. The fourth-order valence-electron chi connectivity index (χ4n) is 2.10. The Bertz CT molecular complexity index is 813. The van der Waals surface area contributed by atoms with Crippen molar-refractivity contribution in [1.29, 1.82) is 0 Å². The van der Waals surface area contributed by atoms with Crippen molar-refractivity contribution in [3.63, 3.8) is 0 Å². The van der Waals surface area contributed by atoms with Crippen LogP contribution in [-0.2, 0) is 21.5 Å². The third-order valence-corrected chi connectivity index (χ3v) is 4.04. The van der Waals surface area contributed by atoms with E-state index in [-0.39, 0.29) is 31.0 Å². The third kappa shape index (κ3) is 6.70. The van der Waals surface area contributed by atoms with Gasteiger partial charge in [0.25, 0.3) is 5.69 Å². The number of hydrogen-bond acceptors (Lipinski definition) is 6. The topological polar surface area (TPSA) is 108 Å². The molecule has 0 heterocycles. The molecular weight excluding hydrogens is 420 g/mol. The van der Waals surface area contributed by atoms with Crippen LogP contribution in [0.4, 0.5) is 10.5 Å². The maximum Gasteiger partial charge on any atom is 0.407 e. The number of nitro groups is 1. The molecule has 27 heavy (non-hydrogen) atoms. The summed E-state index contributed by atoms with van der Waals surface area (Å²) in [5, 5.41) is 13.5. The maximum absolute atomic E-state index is 11.9. The van der Waals surface area contributed by atoms with Gasteiger partial charge in [-0.15, -0.1) is 0 Å². The van der Waals surface area contributed by atoms with Gasteiger partial charge in [-0.25, -0.2) is 4.79 Å². The zero-order chi connectivity index (χ0) is 19.6. The zero-order valence-electron chi connectivity index (χ0n) is 14.2. The molecule has 0 fully saturated rings. The molecule has 9 heteroatoms. The largest absolute Gasteiger partial charge is 0.445 e. The Labute approximate surface area is 163 Å². The monoisotopic (exact) mass is 436 g/mol. The average Bonchev–Trinajstić information content (AvgIpc) is 2.67. The normalized spacial score (nSPS) is 10.1. The molecule has 1 amide bonds. The SMILES string of the molecule is O=C(CCNC(=O)OCc1ccccc1)Oc1ccc([N+](=O)[O-])cc1CBr. The molecule has 8 nitrogen and oxygen atoms in total. The average molecular weight is 437 g/mol. The van der Waals surface area contributed by atoms with Gasteiger partial charge in [0.1, 0.15) is 12.4 Å². The quantitative estimate of drug-likeness (QED) is 0.222.